The third-order valence-electron chi connectivity index (χ3n) is 3.44. The van der Waals surface area contributed by atoms with Gasteiger partial charge in [0.05, 0.1) is 27.7 Å². The van der Waals surface area contributed by atoms with Crippen molar-refractivity contribution < 1.29 is 13.3 Å². The number of methoxy groups -OCH3 is 1. The van der Waals surface area contributed by atoms with Gasteiger partial charge in [-0.2, -0.15) is 0 Å². The van der Waals surface area contributed by atoms with Gasteiger partial charge >= 0.3 is 0 Å². The predicted molar refractivity (Wildman–Crippen MR) is 86.3 cm³/mol. The van der Waals surface area contributed by atoms with Gasteiger partial charge in [0.15, 0.2) is 0 Å². The van der Waals surface area contributed by atoms with Gasteiger partial charge in [-0.1, -0.05) is 6.07 Å². The Hall–Kier alpha value is -1.46. The number of hydrogen-bond donors (Lipinski definition) is 0. The molecule has 0 spiro atoms. The van der Waals surface area contributed by atoms with E-state index in [0.717, 1.165) is 21.2 Å². The summed E-state index contributed by atoms with van der Waals surface area (Å²) in [6.45, 7) is 1.81. The van der Waals surface area contributed by atoms with Crippen molar-refractivity contribution in [2.24, 2.45) is 0 Å². The van der Waals surface area contributed by atoms with Gasteiger partial charge in [-0.3, -0.25) is 0 Å². The minimum Gasteiger partial charge on any atom is -0.497 e. The van der Waals surface area contributed by atoms with E-state index in [1.807, 2.05) is 19.1 Å². The molecule has 2 aromatic carbocycles. The van der Waals surface area contributed by atoms with Crippen molar-refractivity contribution in [2.45, 2.75) is 11.8 Å². The fourth-order valence-corrected chi connectivity index (χ4v) is 5.02. The van der Waals surface area contributed by atoms with Crippen LogP contribution in [-0.2, 0) is 10.8 Å². The minimum atomic E-state index is -1.32. The number of ether oxygens (including phenoxy) is 1. The number of hydrogen-bond acceptors (Lipinski definition) is 2. The summed E-state index contributed by atoms with van der Waals surface area (Å²) < 4.78 is 32.0. The van der Waals surface area contributed by atoms with E-state index in [9.17, 15) is 8.60 Å². The fraction of sp³-hybridized carbons (Fsp3) is 0.125. The molecular formula is C16H12BrFO2S. The third-order valence-corrected chi connectivity index (χ3v) is 6.06. The molecule has 0 aromatic heterocycles. The highest BCUT2D eigenvalue weighted by Crippen LogP contribution is 2.46. The topological polar surface area (TPSA) is 26.3 Å². The second kappa shape index (κ2) is 5.39. The molecule has 21 heavy (non-hydrogen) atoms. The highest BCUT2D eigenvalue weighted by atomic mass is 79.9. The van der Waals surface area contributed by atoms with Crippen molar-refractivity contribution in [3.8, 4) is 5.75 Å². The van der Waals surface area contributed by atoms with Crippen LogP contribution in [-0.4, -0.2) is 11.3 Å². The molecule has 0 aliphatic carbocycles. The van der Waals surface area contributed by atoms with Crippen LogP contribution in [0.4, 0.5) is 4.39 Å². The molecular weight excluding hydrogens is 355 g/mol. The number of benzene rings is 2. The smallest absolute Gasteiger partial charge is 0.123 e. The largest absolute Gasteiger partial charge is 0.497 e. The summed E-state index contributed by atoms with van der Waals surface area (Å²) in [4.78, 5) is 1.38. The van der Waals surface area contributed by atoms with Crippen molar-refractivity contribution in [1.82, 2.24) is 0 Å². The van der Waals surface area contributed by atoms with Crippen LogP contribution in [0.1, 0.15) is 16.7 Å². The Morgan fingerprint density at radius 3 is 2.52 bits per heavy atom. The molecule has 1 atom stereocenters. The van der Waals surface area contributed by atoms with Crippen LogP contribution in [0, 0.1) is 12.7 Å². The highest BCUT2D eigenvalue weighted by Gasteiger charge is 2.29. The first-order valence-electron chi connectivity index (χ1n) is 6.29. The van der Waals surface area contributed by atoms with Crippen LogP contribution < -0.4 is 4.74 Å². The Morgan fingerprint density at radius 1 is 1.14 bits per heavy atom. The summed E-state index contributed by atoms with van der Waals surface area (Å²) in [5, 5.41) is 0. The molecule has 0 bridgehead atoms. The van der Waals surface area contributed by atoms with Crippen molar-refractivity contribution in [2.75, 3.05) is 7.11 Å². The lowest BCUT2D eigenvalue weighted by Crippen LogP contribution is -1.95. The predicted octanol–water partition coefficient (Wildman–Crippen LogP) is 4.48. The summed E-state index contributed by atoms with van der Waals surface area (Å²) in [6.07, 6.45) is 0. The molecule has 1 unspecified atom stereocenters. The fourth-order valence-electron chi connectivity index (χ4n) is 2.38. The number of aryl methyl sites for hydroxylation is 1. The molecule has 1 aliphatic heterocycles. The van der Waals surface area contributed by atoms with E-state index in [1.54, 1.807) is 19.2 Å². The number of halogens is 2. The number of rotatable bonds is 2. The van der Waals surface area contributed by atoms with Gasteiger partial charge in [0, 0.05) is 10.0 Å². The first kappa shape index (κ1) is 14.5. The van der Waals surface area contributed by atoms with Gasteiger partial charge in [-0.05, 0) is 64.3 Å². The van der Waals surface area contributed by atoms with Crippen LogP contribution in [0.3, 0.4) is 0 Å². The Morgan fingerprint density at radius 2 is 1.86 bits per heavy atom. The molecule has 0 saturated heterocycles. The van der Waals surface area contributed by atoms with Gasteiger partial charge in [0.1, 0.15) is 11.6 Å². The molecule has 3 rings (SSSR count). The summed E-state index contributed by atoms with van der Waals surface area (Å²) in [7, 11) is 0.261. The molecule has 108 valence electrons. The second-order valence-electron chi connectivity index (χ2n) is 4.73. The number of fused-ring (bicyclic) bond motifs is 1. The molecule has 1 aliphatic rings. The molecule has 1 heterocycles. The average molecular weight is 367 g/mol. The Labute approximate surface area is 133 Å². The molecule has 0 radical (unpaired) electrons. The summed E-state index contributed by atoms with van der Waals surface area (Å²) in [5.74, 6) is 0.371. The summed E-state index contributed by atoms with van der Waals surface area (Å²) in [5.41, 5.74) is 2.43. The normalized spacial score (nSPS) is 17.0. The van der Waals surface area contributed by atoms with E-state index in [2.05, 4.69) is 15.9 Å². The maximum Gasteiger partial charge on any atom is 0.123 e. The summed E-state index contributed by atoms with van der Waals surface area (Å²) in [6, 6.07) is 9.99. The van der Waals surface area contributed by atoms with E-state index in [4.69, 9.17) is 4.74 Å². The molecule has 0 fully saturated rings. The minimum absolute atomic E-state index is 0.295. The van der Waals surface area contributed by atoms with Crippen molar-refractivity contribution in [3.05, 3.63) is 58.9 Å². The standard InChI is InChI=1S/C16H12BrFO2S/c1-9-7-10(18)3-5-12(9)16-15(17)13-6-4-11(20-2)8-14(13)21(16)19/h3-8H,1-2H3. The maximum atomic E-state index is 13.3. The van der Waals surface area contributed by atoms with Gasteiger partial charge in [0.2, 0.25) is 0 Å². The first-order chi connectivity index (χ1) is 10.0. The maximum absolute atomic E-state index is 13.3. The van der Waals surface area contributed by atoms with Crippen LogP contribution in [0.25, 0.3) is 9.39 Å². The van der Waals surface area contributed by atoms with Crippen LogP contribution >= 0.6 is 15.9 Å². The Kier molecular flexibility index (Phi) is 3.71. The lowest BCUT2D eigenvalue weighted by molar-refractivity contribution is 0.413. The van der Waals surface area contributed by atoms with E-state index in [-0.39, 0.29) is 5.82 Å². The summed E-state index contributed by atoms with van der Waals surface area (Å²) >= 11 is 3.53. The second-order valence-corrected chi connectivity index (χ2v) is 6.91. The van der Waals surface area contributed by atoms with Crippen LogP contribution in [0.15, 0.2) is 41.3 Å². The van der Waals surface area contributed by atoms with Crippen molar-refractivity contribution in [1.29, 1.82) is 0 Å². The van der Waals surface area contributed by atoms with Gasteiger partial charge in [0.25, 0.3) is 0 Å². The van der Waals surface area contributed by atoms with Gasteiger partial charge in [-0.25, -0.2) is 8.60 Å². The van der Waals surface area contributed by atoms with E-state index >= 15 is 0 Å². The zero-order valence-corrected chi connectivity index (χ0v) is 13.8. The molecule has 2 aromatic rings. The SMILES string of the molecule is COc1ccc2c(c1)S(=O)C(c1ccc(F)cc1C)=C2Br. The van der Waals surface area contributed by atoms with E-state index in [1.165, 1.54) is 12.1 Å². The molecule has 0 saturated carbocycles. The van der Waals surface area contributed by atoms with E-state index < -0.39 is 10.8 Å². The van der Waals surface area contributed by atoms with Crippen LogP contribution in [0.2, 0.25) is 0 Å². The zero-order chi connectivity index (χ0) is 15.1. The lowest BCUT2D eigenvalue weighted by atomic mass is 10.1. The van der Waals surface area contributed by atoms with Crippen molar-refractivity contribution in [3.63, 3.8) is 0 Å². The average Bonchev–Trinajstić information content (AvgIpc) is 2.71. The molecule has 5 heteroatoms. The lowest BCUT2D eigenvalue weighted by Gasteiger charge is -2.07. The Bertz CT molecular complexity index is 799. The van der Waals surface area contributed by atoms with Gasteiger partial charge in [-0.15, -0.1) is 0 Å². The zero-order valence-electron chi connectivity index (χ0n) is 11.4. The Balaban J connectivity index is 2.17. The van der Waals surface area contributed by atoms with Crippen molar-refractivity contribution >= 4 is 36.1 Å². The van der Waals surface area contributed by atoms with Crippen LogP contribution in [0.5, 0.6) is 5.75 Å². The van der Waals surface area contributed by atoms with E-state index in [0.29, 0.717) is 15.6 Å². The highest BCUT2D eigenvalue weighted by molar-refractivity contribution is 9.15. The van der Waals surface area contributed by atoms with Gasteiger partial charge < -0.3 is 4.74 Å². The third kappa shape index (κ3) is 2.34. The monoisotopic (exact) mass is 366 g/mol. The first-order valence-corrected chi connectivity index (χ1v) is 8.23. The molecule has 2 nitrogen and oxygen atoms in total. The molecule has 0 amide bonds. The quantitative estimate of drug-likeness (QED) is 0.782. The molecule has 0 N–H and O–H groups in total.